The molecule has 0 saturated carbocycles. The first-order valence-electron chi connectivity index (χ1n) is 8.77. The van der Waals surface area contributed by atoms with Gasteiger partial charge in [0.15, 0.2) is 11.5 Å². The molecule has 26 heavy (non-hydrogen) atoms. The molecule has 1 aromatic rings. The number of hydrogen-bond acceptors (Lipinski definition) is 5. The van der Waals surface area contributed by atoms with Crippen molar-refractivity contribution in [3.05, 3.63) is 23.8 Å². The maximum absolute atomic E-state index is 12.7. The molecular weight excluding hydrogens is 356 g/mol. The van der Waals surface area contributed by atoms with E-state index in [1.807, 2.05) is 25.1 Å². The summed E-state index contributed by atoms with van der Waals surface area (Å²) in [4.78, 5) is 12.7. The van der Waals surface area contributed by atoms with E-state index < -0.39 is 10.0 Å². The maximum Gasteiger partial charge on any atom is 0.224 e. The number of ether oxygens (including phenoxy) is 2. The number of nitrogens with zero attached hydrogens (tertiary/aromatic N) is 1. The smallest absolute Gasteiger partial charge is 0.224 e. The van der Waals surface area contributed by atoms with Gasteiger partial charge in [0.2, 0.25) is 15.9 Å². The number of amides is 1. The first kappa shape index (κ1) is 20.5. The van der Waals surface area contributed by atoms with Gasteiger partial charge in [-0.15, -0.1) is 0 Å². The summed E-state index contributed by atoms with van der Waals surface area (Å²) >= 11 is 0. The van der Waals surface area contributed by atoms with Crippen LogP contribution in [0.4, 0.5) is 0 Å². The van der Waals surface area contributed by atoms with E-state index >= 15 is 0 Å². The van der Waals surface area contributed by atoms with Crippen molar-refractivity contribution in [2.24, 2.45) is 5.92 Å². The number of nitrogens with one attached hydrogen (secondary N) is 1. The molecule has 146 valence electrons. The SMILES string of the molecule is CC[C@H](NC(=O)[C@@H]1CCCN(S(C)(=O)=O)C1)c1ccc(OC)c(OC)c1. The minimum absolute atomic E-state index is 0.111. The monoisotopic (exact) mass is 384 g/mol. The molecule has 0 unspecified atom stereocenters. The molecule has 7 nitrogen and oxygen atoms in total. The van der Waals surface area contributed by atoms with Crippen molar-refractivity contribution in [2.75, 3.05) is 33.6 Å². The number of sulfonamides is 1. The fraction of sp³-hybridized carbons (Fsp3) is 0.611. The van der Waals surface area contributed by atoms with Crippen LogP contribution in [0.25, 0.3) is 0 Å². The highest BCUT2D eigenvalue weighted by molar-refractivity contribution is 7.88. The van der Waals surface area contributed by atoms with Crippen molar-refractivity contribution >= 4 is 15.9 Å². The lowest BCUT2D eigenvalue weighted by molar-refractivity contribution is -0.126. The molecule has 8 heteroatoms. The van der Waals surface area contributed by atoms with E-state index in [4.69, 9.17) is 9.47 Å². The maximum atomic E-state index is 12.7. The zero-order chi connectivity index (χ0) is 19.3. The highest BCUT2D eigenvalue weighted by Crippen LogP contribution is 2.31. The lowest BCUT2D eigenvalue weighted by atomic mass is 9.97. The first-order valence-corrected chi connectivity index (χ1v) is 10.6. The molecule has 0 aliphatic carbocycles. The number of piperidine rings is 1. The van der Waals surface area contributed by atoms with Gasteiger partial charge in [-0.25, -0.2) is 12.7 Å². The van der Waals surface area contributed by atoms with Crippen molar-refractivity contribution in [1.82, 2.24) is 9.62 Å². The molecule has 1 aliphatic heterocycles. The van der Waals surface area contributed by atoms with E-state index in [9.17, 15) is 13.2 Å². The summed E-state index contributed by atoms with van der Waals surface area (Å²) in [5, 5.41) is 3.06. The van der Waals surface area contributed by atoms with Crippen molar-refractivity contribution < 1.29 is 22.7 Å². The normalized spacial score (nSPS) is 19.6. The van der Waals surface area contributed by atoms with Gasteiger partial charge in [0.1, 0.15) is 0 Å². The topological polar surface area (TPSA) is 84.9 Å². The lowest BCUT2D eigenvalue weighted by Gasteiger charge is -2.31. The summed E-state index contributed by atoms with van der Waals surface area (Å²) in [5.74, 6) is 0.805. The van der Waals surface area contributed by atoms with Gasteiger partial charge < -0.3 is 14.8 Å². The zero-order valence-corrected chi connectivity index (χ0v) is 16.6. The Kier molecular flexibility index (Phi) is 6.88. The van der Waals surface area contributed by atoms with E-state index in [1.165, 1.54) is 10.6 Å². The van der Waals surface area contributed by atoms with E-state index in [2.05, 4.69) is 5.32 Å². The summed E-state index contributed by atoms with van der Waals surface area (Å²) in [7, 11) is -0.123. The van der Waals surface area contributed by atoms with Crippen LogP contribution in [0.15, 0.2) is 18.2 Å². The molecule has 2 rings (SSSR count). The van der Waals surface area contributed by atoms with Crippen molar-refractivity contribution in [3.8, 4) is 11.5 Å². The van der Waals surface area contributed by atoms with Crippen LogP contribution in [0.2, 0.25) is 0 Å². The quantitative estimate of drug-likeness (QED) is 0.777. The van der Waals surface area contributed by atoms with Crippen molar-refractivity contribution in [2.45, 2.75) is 32.2 Å². The number of rotatable bonds is 7. The number of carbonyl (C=O) groups excluding carboxylic acids is 1. The Morgan fingerprint density at radius 2 is 2.00 bits per heavy atom. The summed E-state index contributed by atoms with van der Waals surface area (Å²) in [6, 6.07) is 5.40. The average molecular weight is 384 g/mol. The predicted molar refractivity (Wildman–Crippen MR) is 99.9 cm³/mol. The molecule has 1 aromatic carbocycles. The van der Waals surface area contributed by atoms with Crippen LogP contribution in [0.3, 0.4) is 0 Å². The second-order valence-electron chi connectivity index (χ2n) is 6.54. The van der Waals surface area contributed by atoms with Gasteiger partial charge in [-0.2, -0.15) is 0 Å². The molecule has 1 aliphatic rings. The largest absolute Gasteiger partial charge is 0.493 e. The third-order valence-electron chi connectivity index (χ3n) is 4.76. The molecule has 1 saturated heterocycles. The second kappa shape index (κ2) is 8.73. The van der Waals surface area contributed by atoms with Crippen molar-refractivity contribution in [3.63, 3.8) is 0 Å². The predicted octanol–water partition coefficient (Wildman–Crippen LogP) is 1.94. The van der Waals surface area contributed by atoms with Crippen LogP contribution in [0.1, 0.15) is 37.8 Å². The summed E-state index contributed by atoms with van der Waals surface area (Å²) < 4.78 is 35.5. The minimum Gasteiger partial charge on any atom is -0.493 e. The van der Waals surface area contributed by atoms with E-state index in [0.717, 1.165) is 5.56 Å². The summed E-state index contributed by atoms with van der Waals surface area (Å²) in [6.07, 6.45) is 3.29. The van der Waals surface area contributed by atoms with Gasteiger partial charge >= 0.3 is 0 Å². The molecule has 1 heterocycles. The lowest BCUT2D eigenvalue weighted by Crippen LogP contribution is -2.45. The van der Waals surface area contributed by atoms with Crippen LogP contribution in [0.5, 0.6) is 11.5 Å². The Labute approximate surface area is 155 Å². The zero-order valence-electron chi connectivity index (χ0n) is 15.8. The van der Waals surface area contributed by atoms with Crippen LogP contribution in [-0.2, 0) is 14.8 Å². The first-order chi connectivity index (χ1) is 12.3. The van der Waals surface area contributed by atoms with Gasteiger partial charge in [-0.05, 0) is 37.0 Å². The Morgan fingerprint density at radius 3 is 2.58 bits per heavy atom. The van der Waals surface area contributed by atoms with Crippen LogP contribution < -0.4 is 14.8 Å². The number of benzene rings is 1. The highest BCUT2D eigenvalue weighted by atomic mass is 32.2. The van der Waals surface area contributed by atoms with E-state index in [-0.39, 0.29) is 24.4 Å². The van der Waals surface area contributed by atoms with Gasteiger partial charge in [0.05, 0.1) is 32.4 Å². The molecule has 0 bridgehead atoms. The van der Waals surface area contributed by atoms with Crippen LogP contribution in [0, 0.1) is 5.92 Å². The Balaban J connectivity index is 2.11. The highest BCUT2D eigenvalue weighted by Gasteiger charge is 2.31. The number of hydrogen-bond donors (Lipinski definition) is 1. The van der Waals surface area contributed by atoms with Crippen LogP contribution in [-0.4, -0.2) is 52.2 Å². The third-order valence-corrected chi connectivity index (χ3v) is 6.03. The van der Waals surface area contributed by atoms with E-state index in [1.54, 1.807) is 14.2 Å². The minimum atomic E-state index is -3.27. The third kappa shape index (κ3) is 4.88. The second-order valence-corrected chi connectivity index (χ2v) is 8.53. The Bertz CT molecular complexity index is 735. The van der Waals surface area contributed by atoms with E-state index in [0.29, 0.717) is 37.3 Å². The average Bonchev–Trinajstić information content (AvgIpc) is 2.64. The molecule has 1 amide bonds. The number of carbonyl (C=O) groups is 1. The fourth-order valence-electron chi connectivity index (χ4n) is 3.24. The molecule has 1 N–H and O–H groups in total. The molecule has 0 radical (unpaired) electrons. The summed E-state index contributed by atoms with van der Waals surface area (Å²) in [5.41, 5.74) is 0.925. The Hall–Kier alpha value is -1.80. The molecular formula is C18H28N2O5S. The molecule has 1 fully saturated rings. The fourth-order valence-corrected chi connectivity index (χ4v) is 4.15. The van der Waals surface area contributed by atoms with Crippen molar-refractivity contribution in [1.29, 1.82) is 0 Å². The van der Waals surface area contributed by atoms with Gasteiger partial charge in [0, 0.05) is 13.1 Å². The summed E-state index contributed by atoms with van der Waals surface area (Å²) in [6.45, 7) is 2.72. The van der Waals surface area contributed by atoms with Crippen LogP contribution >= 0.6 is 0 Å². The Morgan fingerprint density at radius 1 is 1.31 bits per heavy atom. The van der Waals surface area contributed by atoms with Gasteiger partial charge in [-0.1, -0.05) is 13.0 Å². The molecule has 0 spiro atoms. The molecule has 2 atom stereocenters. The van der Waals surface area contributed by atoms with Gasteiger partial charge in [-0.3, -0.25) is 4.79 Å². The number of methoxy groups -OCH3 is 2. The standard InChI is InChI=1S/C18H28N2O5S/c1-5-15(13-8-9-16(24-2)17(11-13)25-3)19-18(21)14-7-6-10-20(12-14)26(4,22)23/h8-9,11,14-15H,5-7,10,12H2,1-4H3,(H,19,21)/t14-,15+/m1/s1. The molecule has 0 aromatic heterocycles. The van der Waals surface area contributed by atoms with Gasteiger partial charge in [0.25, 0.3) is 0 Å².